The van der Waals surface area contributed by atoms with Crippen molar-refractivity contribution in [2.75, 3.05) is 39.3 Å². The molecule has 3 N–H and O–H groups in total. The third kappa shape index (κ3) is 5.90. The second kappa shape index (κ2) is 12.2. The first-order valence-corrected chi connectivity index (χ1v) is 14.8. The number of quaternary nitrogens is 2. The van der Waals surface area contributed by atoms with E-state index in [-0.39, 0.29) is 0 Å². The molecular formula is C36H41N3O+2. The highest BCUT2D eigenvalue weighted by atomic mass is 16.3. The maximum absolute atomic E-state index is 11.5. The smallest absolute Gasteiger partial charge is 0.127 e. The standard InChI is InChI=1S/C36H39N3O/c1-28-17-18-34-33(25-28)35(30-13-7-3-8-14-30)36(31-15-9-4-10-16-31)39(34)27-32(40)26-38-23-21-37(22-24-38)20-19-29-11-5-2-6-12-29/h2-18,25,32,40H,19-24,26-27H2,1H3/p+2/t32-/m0/s1. The summed E-state index contributed by atoms with van der Waals surface area (Å²) in [5.74, 6) is 0. The Kier molecular flexibility index (Phi) is 8.10. The molecule has 204 valence electrons. The minimum Gasteiger partial charge on any atom is -0.385 e. The van der Waals surface area contributed by atoms with Gasteiger partial charge in [-0.1, -0.05) is 103 Å². The lowest BCUT2D eigenvalue weighted by molar-refractivity contribution is -1.01. The summed E-state index contributed by atoms with van der Waals surface area (Å²) < 4.78 is 2.37. The van der Waals surface area contributed by atoms with Crippen molar-refractivity contribution in [3.63, 3.8) is 0 Å². The van der Waals surface area contributed by atoms with Gasteiger partial charge >= 0.3 is 0 Å². The van der Waals surface area contributed by atoms with Gasteiger partial charge in [-0.2, -0.15) is 0 Å². The molecule has 1 aromatic heterocycles. The molecule has 0 bridgehead atoms. The van der Waals surface area contributed by atoms with E-state index in [0.29, 0.717) is 6.54 Å². The van der Waals surface area contributed by atoms with Crippen LogP contribution in [0.2, 0.25) is 0 Å². The second-order valence-electron chi connectivity index (χ2n) is 11.4. The van der Waals surface area contributed by atoms with Gasteiger partial charge in [-0.3, -0.25) is 0 Å². The Balaban J connectivity index is 1.22. The number of nitrogens with one attached hydrogen (secondary N) is 2. The summed E-state index contributed by atoms with van der Waals surface area (Å²) in [6.07, 6.45) is 0.726. The Morgan fingerprint density at radius 3 is 2.00 bits per heavy atom. The van der Waals surface area contributed by atoms with Crippen LogP contribution in [0.5, 0.6) is 0 Å². The number of aromatic nitrogens is 1. The average Bonchev–Trinajstić information content (AvgIpc) is 3.31. The van der Waals surface area contributed by atoms with Crippen molar-refractivity contribution in [1.82, 2.24) is 4.57 Å². The van der Waals surface area contributed by atoms with Crippen LogP contribution in [0.4, 0.5) is 0 Å². The van der Waals surface area contributed by atoms with Crippen LogP contribution in [0.1, 0.15) is 11.1 Å². The molecule has 1 fully saturated rings. The number of fused-ring (bicyclic) bond motifs is 1. The first-order valence-electron chi connectivity index (χ1n) is 14.8. The van der Waals surface area contributed by atoms with Crippen LogP contribution in [0.15, 0.2) is 109 Å². The first kappa shape index (κ1) is 26.5. The van der Waals surface area contributed by atoms with Crippen LogP contribution in [0, 0.1) is 6.92 Å². The number of rotatable bonds is 9. The van der Waals surface area contributed by atoms with E-state index in [0.717, 1.165) is 26.1 Å². The Labute approximate surface area is 238 Å². The van der Waals surface area contributed by atoms with Gasteiger partial charge in [0, 0.05) is 22.9 Å². The third-order valence-corrected chi connectivity index (χ3v) is 8.52. The number of aryl methyl sites for hydroxylation is 1. The summed E-state index contributed by atoms with van der Waals surface area (Å²) in [7, 11) is 0. The molecular weight excluding hydrogens is 490 g/mol. The van der Waals surface area contributed by atoms with Crippen LogP contribution in [0.3, 0.4) is 0 Å². The first-order chi connectivity index (χ1) is 19.7. The lowest BCUT2D eigenvalue weighted by Crippen LogP contribution is -3.28. The Morgan fingerprint density at radius 2 is 1.32 bits per heavy atom. The van der Waals surface area contributed by atoms with E-state index in [1.165, 1.54) is 68.9 Å². The summed E-state index contributed by atoms with van der Waals surface area (Å²) >= 11 is 0. The SMILES string of the molecule is Cc1ccc2c(c1)c(-c1ccccc1)c(-c1ccccc1)n2C[C@@H](O)C[NH+]1CC[NH+](CCc2ccccc2)CC1. The molecule has 4 aromatic carbocycles. The number of aliphatic hydroxyl groups is 1. The fraction of sp³-hybridized carbons (Fsp3) is 0.278. The number of piperazine rings is 1. The zero-order valence-electron chi connectivity index (χ0n) is 23.5. The number of nitrogens with zero attached hydrogens (tertiary/aromatic N) is 1. The fourth-order valence-corrected chi connectivity index (χ4v) is 6.44. The summed E-state index contributed by atoms with van der Waals surface area (Å²) in [6, 6.07) is 38.9. The van der Waals surface area contributed by atoms with E-state index in [2.05, 4.69) is 121 Å². The molecule has 4 nitrogen and oxygen atoms in total. The van der Waals surface area contributed by atoms with Crippen LogP contribution in [-0.4, -0.2) is 55.0 Å². The molecule has 0 saturated carbocycles. The number of hydrogen-bond acceptors (Lipinski definition) is 1. The predicted molar refractivity (Wildman–Crippen MR) is 165 cm³/mol. The molecule has 0 unspecified atom stereocenters. The van der Waals surface area contributed by atoms with E-state index < -0.39 is 6.10 Å². The zero-order valence-corrected chi connectivity index (χ0v) is 23.5. The molecule has 1 atom stereocenters. The normalized spacial score (nSPS) is 18.1. The van der Waals surface area contributed by atoms with Crippen LogP contribution >= 0.6 is 0 Å². The topological polar surface area (TPSA) is 34.0 Å². The third-order valence-electron chi connectivity index (χ3n) is 8.52. The van der Waals surface area contributed by atoms with Crippen molar-refractivity contribution in [2.45, 2.75) is 26.0 Å². The summed E-state index contributed by atoms with van der Waals surface area (Å²) in [5, 5.41) is 12.7. The maximum atomic E-state index is 11.5. The Morgan fingerprint density at radius 1 is 0.725 bits per heavy atom. The monoisotopic (exact) mass is 531 g/mol. The predicted octanol–water partition coefficient (Wildman–Crippen LogP) is 3.67. The van der Waals surface area contributed by atoms with Gasteiger partial charge in [0.2, 0.25) is 0 Å². The van der Waals surface area contributed by atoms with Crippen molar-refractivity contribution >= 4 is 10.9 Å². The lowest BCUT2D eigenvalue weighted by Gasteiger charge is -2.31. The van der Waals surface area contributed by atoms with Crippen molar-refractivity contribution in [3.8, 4) is 22.4 Å². The van der Waals surface area contributed by atoms with Crippen LogP contribution in [-0.2, 0) is 13.0 Å². The van der Waals surface area contributed by atoms with Crippen molar-refractivity contribution < 1.29 is 14.9 Å². The zero-order chi connectivity index (χ0) is 27.3. The highest BCUT2D eigenvalue weighted by molar-refractivity contribution is 6.04. The van der Waals surface area contributed by atoms with Gasteiger partial charge in [-0.25, -0.2) is 0 Å². The quantitative estimate of drug-likeness (QED) is 0.267. The van der Waals surface area contributed by atoms with Gasteiger partial charge in [0.15, 0.2) is 0 Å². The van der Waals surface area contributed by atoms with E-state index >= 15 is 0 Å². The minimum absolute atomic E-state index is 0.413. The van der Waals surface area contributed by atoms with E-state index in [4.69, 9.17) is 0 Å². The second-order valence-corrected chi connectivity index (χ2v) is 11.4. The van der Waals surface area contributed by atoms with Crippen LogP contribution in [0.25, 0.3) is 33.3 Å². The van der Waals surface area contributed by atoms with Gasteiger partial charge in [0.1, 0.15) is 38.8 Å². The van der Waals surface area contributed by atoms with Gasteiger partial charge in [-0.05, 0) is 35.7 Å². The highest BCUT2D eigenvalue weighted by Gasteiger charge is 2.27. The molecule has 1 saturated heterocycles. The van der Waals surface area contributed by atoms with E-state index in [1.54, 1.807) is 4.90 Å². The molecule has 40 heavy (non-hydrogen) atoms. The van der Waals surface area contributed by atoms with Crippen molar-refractivity contribution in [3.05, 3.63) is 120 Å². The van der Waals surface area contributed by atoms with Crippen LogP contribution < -0.4 is 9.80 Å². The molecule has 4 heteroatoms. The molecule has 5 aromatic rings. The summed E-state index contributed by atoms with van der Waals surface area (Å²) in [6.45, 7) is 9.31. The molecule has 2 heterocycles. The minimum atomic E-state index is -0.413. The number of benzene rings is 4. The maximum Gasteiger partial charge on any atom is 0.127 e. The molecule has 0 amide bonds. The Bertz CT molecular complexity index is 1520. The van der Waals surface area contributed by atoms with Crippen molar-refractivity contribution in [2.24, 2.45) is 0 Å². The molecule has 0 aliphatic carbocycles. The van der Waals surface area contributed by atoms with E-state index in [1.807, 2.05) is 0 Å². The fourth-order valence-electron chi connectivity index (χ4n) is 6.44. The number of hydrogen-bond donors (Lipinski definition) is 3. The molecule has 1 aliphatic rings. The molecule has 6 rings (SSSR count). The van der Waals surface area contributed by atoms with Gasteiger partial charge in [0.25, 0.3) is 0 Å². The van der Waals surface area contributed by atoms with Gasteiger partial charge < -0.3 is 19.5 Å². The van der Waals surface area contributed by atoms with E-state index in [9.17, 15) is 5.11 Å². The molecule has 1 aliphatic heterocycles. The molecule has 0 spiro atoms. The summed E-state index contributed by atoms with van der Waals surface area (Å²) in [5.41, 5.74) is 8.71. The highest BCUT2D eigenvalue weighted by Crippen LogP contribution is 2.41. The Hall–Kier alpha value is -3.70. The van der Waals surface area contributed by atoms with Gasteiger partial charge in [-0.15, -0.1) is 0 Å². The lowest BCUT2D eigenvalue weighted by atomic mass is 9.98. The number of aliphatic hydroxyl groups excluding tert-OH is 1. The average molecular weight is 532 g/mol. The largest absolute Gasteiger partial charge is 0.385 e. The summed E-state index contributed by atoms with van der Waals surface area (Å²) in [4.78, 5) is 3.21. The van der Waals surface area contributed by atoms with Gasteiger partial charge in [0.05, 0.1) is 18.8 Å². The van der Waals surface area contributed by atoms with Crippen molar-refractivity contribution in [1.29, 1.82) is 0 Å². The molecule has 0 radical (unpaired) electrons.